The van der Waals surface area contributed by atoms with Gasteiger partial charge in [0.15, 0.2) is 0 Å². The molecular formula is C12H23N3. The van der Waals surface area contributed by atoms with Gasteiger partial charge in [0.2, 0.25) is 0 Å². The highest BCUT2D eigenvalue weighted by Crippen LogP contribution is 2.15. The summed E-state index contributed by atoms with van der Waals surface area (Å²) in [6.07, 6.45) is 5.80. The lowest BCUT2D eigenvalue weighted by Crippen LogP contribution is -2.08. The number of aromatic nitrogens is 3. The van der Waals surface area contributed by atoms with Crippen LogP contribution in [0, 0.1) is 0 Å². The predicted octanol–water partition coefficient (Wildman–Crippen LogP) is 3.15. The van der Waals surface area contributed by atoms with Crippen molar-refractivity contribution >= 4 is 0 Å². The minimum atomic E-state index is 0.426. The minimum absolute atomic E-state index is 0.426. The van der Waals surface area contributed by atoms with E-state index in [1.807, 2.05) is 0 Å². The maximum atomic E-state index is 4.29. The molecule has 1 heterocycles. The number of unbranched alkanes of at least 4 members (excludes halogenated alkanes) is 1. The zero-order valence-corrected chi connectivity index (χ0v) is 10.5. The van der Waals surface area contributed by atoms with E-state index >= 15 is 0 Å². The second-order valence-electron chi connectivity index (χ2n) is 4.37. The molecule has 0 bridgehead atoms. The molecule has 0 unspecified atom stereocenters. The molecule has 1 aromatic heterocycles. The number of aryl methyl sites for hydroxylation is 1. The van der Waals surface area contributed by atoms with Gasteiger partial charge in [0.1, 0.15) is 0 Å². The Morgan fingerprint density at radius 3 is 2.40 bits per heavy atom. The van der Waals surface area contributed by atoms with Crippen LogP contribution in [0.4, 0.5) is 0 Å². The van der Waals surface area contributed by atoms with E-state index < -0.39 is 0 Å². The summed E-state index contributed by atoms with van der Waals surface area (Å²) in [5, 5.41) is 8.55. The van der Waals surface area contributed by atoms with Crippen LogP contribution in [0.3, 0.4) is 0 Å². The molecule has 1 rings (SSSR count). The smallest absolute Gasteiger partial charge is 0.0859 e. The molecule has 1 aromatic rings. The van der Waals surface area contributed by atoms with Gasteiger partial charge in [0.25, 0.3) is 0 Å². The van der Waals surface area contributed by atoms with E-state index in [2.05, 4.69) is 42.7 Å². The quantitative estimate of drug-likeness (QED) is 0.720. The lowest BCUT2D eigenvalue weighted by atomic mass is 10.1. The number of hydrogen-bond acceptors (Lipinski definition) is 2. The molecule has 0 saturated heterocycles. The lowest BCUT2D eigenvalue weighted by Gasteiger charge is -2.10. The van der Waals surface area contributed by atoms with Gasteiger partial charge in [-0.1, -0.05) is 31.9 Å². The predicted molar refractivity (Wildman–Crippen MR) is 63.0 cm³/mol. The SMILES string of the molecule is CCCCc1c(CCC)nnn1C(C)C. The summed E-state index contributed by atoms with van der Waals surface area (Å²) in [4.78, 5) is 0. The Bertz CT molecular complexity index is 289. The fraction of sp³-hybridized carbons (Fsp3) is 0.833. The summed E-state index contributed by atoms with van der Waals surface area (Å²) in [7, 11) is 0. The van der Waals surface area contributed by atoms with Crippen molar-refractivity contribution in [1.29, 1.82) is 0 Å². The monoisotopic (exact) mass is 209 g/mol. The first kappa shape index (κ1) is 12.2. The summed E-state index contributed by atoms with van der Waals surface area (Å²) < 4.78 is 2.08. The molecule has 3 nitrogen and oxygen atoms in total. The Kier molecular flexibility index (Phi) is 4.79. The Labute approximate surface area is 92.9 Å². The Hall–Kier alpha value is -0.860. The largest absolute Gasteiger partial charge is 0.247 e. The number of rotatable bonds is 6. The van der Waals surface area contributed by atoms with E-state index in [4.69, 9.17) is 0 Å². The molecule has 0 aliphatic rings. The van der Waals surface area contributed by atoms with Crippen molar-refractivity contribution in [2.75, 3.05) is 0 Å². The average Bonchev–Trinajstić information content (AvgIpc) is 2.59. The molecule has 0 N–H and O–H groups in total. The molecule has 86 valence electrons. The first-order valence-electron chi connectivity index (χ1n) is 6.13. The van der Waals surface area contributed by atoms with Gasteiger partial charge in [-0.05, 0) is 33.1 Å². The maximum Gasteiger partial charge on any atom is 0.0859 e. The molecule has 0 atom stereocenters. The molecule has 0 fully saturated rings. The van der Waals surface area contributed by atoms with Crippen LogP contribution < -0.4 is 0 Å². The molecule has 15 heavy (non-hydrogen) atoms. The van der Waals surface area contributed by atoms with Gasteiger partial charge < -0.3 is 0 Å². The summed E-state index contributed by atoms with van der Waals surface area (Å²) in [6.45, 7) is 8.75. The van der Waals surface area contributed by atoms with E-state index in [1.54, 1.807) is 0 Å². The highest BCUT2D eigenvalue weighted by atomic mass is 15.4. The molecule has 0 aromatic carbocycles. The van der Waals surface area contributed by atoms with Gasteiger partial charge in [0.05, 0.1) is 11.4 Å². The van der Waals surface area contributed by atoms with E-state index in [0.717, 1.165) is 19.3 Å². The molecule has 0 amide bonds. The summed E-state index contributed by atoms with van der Waals surface area (Å²) in [5.74, 6) is 0. The van der Waals surface area contributed by atoms with Gasteiger partial charge in [-0.15, -0.1) is 5.10 Å². The standard InChI is InChI=1S/C12H23N3/c1-5-7-9-12-11(8-6-2)13-14-15(12)10(3)4/h10H,5-9H2,1-4H3. The second kappa shape index (κ2) is 5.89. The zero-order valence-electron chi connectivity index (χ0n) is 10.5. The van der Waals surface area contributed by atoms with Crippen molar-refractivity contribution in [3.05, 3.63) is 11.4 Å². The van der Waals surface area contributed by atoms with E-state index in [-0.39, 0.29) is 0 Å². The Balaban J connectivity index is 2.86. The van der Waals surface area contributed by atoms with Crippen molar-refractivity contribution in [3.8, 4) is 0 Å². The highest BCUT2D eigenvalue weighted by Gasteiger charge is 2.13. The van der Waals surface area contributed by atoms with Crippen LogP contribution in [0.2, 0.25) is 0 Å². The molecule has 0 spiro atoms. The molecule has 0 radical (unpaired) electrons. The van der Waals surface area contributed by atoms with Crippen molar-refractivity contribution in [2.45, 2.75) is 65.8 Å². The van der Waals surface area contributed by atoms with Crippen molar-refractivity contribution < 1.29 is 0 Å². The third-order valence-electron chi connectivity index (χ3n) is 2.61. The highest BCUT2D eigenvalue weighted by molar-refractivity contribution is 5.11. The van der Waals surface area contributed by atoms with Crippen LogP contribution in [0.5, 0.6) is 0 Å². The zero-order chi connectivity index (χ0) is 11.3. The van der Waals surface area contributed by atoms with Gasteiger partial charge in [-0.2, -0.15) is 0 Å². The van der Waals surface area contributed by atoms with Crippen LogP contribution >= 0.6 is 0 Å². The van der Waals surface area contributed by atoms with Crippen molar-refractivity contribution in [3.63, 3.8) is 0 Å². The van der Waals surface area contributed by atoms with Crippen LogP contribution in [0.1, 0.15) is 64.4 Å². The van der Waals surface area contributed by atoms with Crippen LogP contribution in [-0.2, 0) is 12.8 Å². The van der Waals surface area contributed by atoms with E-state index in [1.165, 1.54) is 24.2 Å². The third kappa shape index (κ3) is 3.05. The minimum Gasteiger partial charge on any atom is -0.247 e. The van der Waals surface area contributed by atoms with Gasteiger partial charge >= 0.3 is 0 Å². The molecule has 3 heteroatoms. The molecular weight excluding hydrogens is 186 g/mol. The van der Waals surface area contributed by atoms with Gasteiger partial charge in [0, 0.05) is 6.04 Å². The number of nitrogens with zero attached hydrogens (tertiary/aromatic N) is 3. The third-order valence-corrected chi connectivity index (χ3v) is 2.61. The van der Waals surface area contributed by atoms with Gasteiger partial charge in [-0.25, -0.2) is 4.68 Å². The topological polar surface area (TPSA) is 30.7 Å². The van der Waals surface area contributed by atoms with Crippen LogP contribution in [0.25, 0.3) is 0 Å². The van der Waals surface area contributed by atoms with Crippen LogP contribution in [-0.4, -0.2) is 15.0 Å². The average molecular weight is 209 g/mol. The van der Waals surface area contributed by atoms with Crippen LogP contribution in [0.15, 0.2) is 0 Å². The maximum absolute atomic E-state index is 4.29. The van der Waals surface area contributed by atoms with Crippen molar-refractivity contribution in [1.82, 2.24) is 15.0 Å². The lowest BCUT2D eigenvalue weighted by molar-refractivity contribution is 0.490. The Morgan fingerprint density at radius 1 is 1.13 bits per heavy atom. The summed E-state index contributed by atoms with van der Waals surface area (Å²) >= 11 is 0. The van der Waals surface area contributed by atoms with Crippen molar-refractivity contribution in [2.24, 2.45) is 0 Å². The van der Waals surface area contributed by atoms with E-state index in [9.17, 15) is 0 Å². The Morgan fingerprint density at radius 2 is 1.87 bits per heavy atom. The summed E-state index contributed by atoms with van der Waals surface area (Å²) in [6, 6.07) is 0.426. The first-order chi connectivity index (χ1) is 7.20. The fourth-order valence-corrected chi connectivity index (χ4v) is 1.80. The first-order valence-corrected chi connectivity index (χ1v) is 6.13. The van der Waals surface area contributed by atoms with Gasteiger partial charge in [-0.3, -0.25) is 0 Å². The molecule has 0 aliphatic heterocycles. The normalized spacial score (nSPS) is 11.3. The molecule has 0 aliphatic carbocycles. The molecule has 0 saturated carbocycles. The number of hydrogen-bond donors (Lipinski definition) is 0. The second-order valence-corrected chi connectivity index (χ2v) is 4.37. The van der Waals surface area contributed by atoms with E-state index in [0.29, 0.717) is 6.04 Å². The summed E-state index contributed by atoms with van der Waals surface area (Å²) in [5.41, 5.74) is 2.56. The fourth-order valence-electron chi connectivity index (χ4n) is 1.80.